The number of ether oxygens (including phenoxy) is 1. The van der Waals surface area contributed by atoms with Crippen LogP contribution in [0.4, 0.5) is 5.69 Å². The average molecular weight is 407 g/mol. The number of halogens is 1. The first-order valence-electron chi connectivity index (χ1n) is 7.81. The van der Waals surface area contributed by atoms with Crippen LogP contribution in [0.25, 0.3) is 0 Å². The van der Waals surface area contributed by atoms with Crippen LogP contribution in [0.3, 0.4) is 0 Å². The van der Waals surface area contributed by atoms with Gasteiger partial charge in [0.25, 0.3) is 0 Å². The lowest BCUT2D eigenvalue weighted by Gasteiger charge is -2.08. The number of aliphatic imine (C=N–C) groups is 1. The molecule has 22 heavy (non-hydrogen) atoms. The van der Waals surface area contributed by atoms with Gasteiger partial charge in [-0.25, -0.2) is 0 Å². The summed E-state index contributed by atoms with van der Waals surface area (Å²) in [5, 5.41) is 0. The number of unbranched alkanes of at least 4 members (excludes halogenated alkanes) is 3. The second kappa shape index (κ2) is 9.62. The fraction of sp³-hybridized carbons (Fsp3) is 0.316. The Bertz CT molecular complexity index is 593. The van der Waals surface area contributed by atoms with Crippen LogP contribution in [-0.2, 0) is 0 Å². The lowest BCUT2D eigenvalue weighted by Crippen LogP contribution is -1.99. The SMILES string of the molecule is CCCCCCOc1ccccc1C=Nc1ccc(I)cc1. The fourth-order valence-corrected chi connectivity index (χ4v) is 2.46. The molecule has 2 rings (SSSR count). The Morgan fingerprint density at radius 2 is 1.77 bits per heavy atom. The van der Waals surface area contributed by atoms with Crippen LogP contribution in [0.2, 0.25) is 0 Å². The molecule has 0 unspecified atom stereocenters. The predicted octanol–water partition coefficient (Wildman–Crippen LogP) is 6.00. The molecule has 116 valence electrons. The Labute approximate surface area is 146 Å². The van der Waals surface area contributed by atoms with Crippen LogP contribution in [0.5, 0.6) is 5.75 Å². The molecule has 0 saturated carbocycles. The van der Waals surface area contributed by atoms with Crippen molar-refractivity contribution < 1.29 is 4.74 Å². The van der Waals surface area contributed by atoms with Crippen molar-refractivity contribution in [2.45, 2.75) is 32.6 Å². The highest BCUT2D eigenvalue weighted by molar-refractivity contribution is 14.1. The molecule has 0 aromatic heterocycles. The van der Waals surface area contributed by atoms with Crippen LogP contribution < -0.4 is 4.74 Å². The standard InChI is InChI=1S/C19H22INO/c1-2-3-4-7-14-22-19-9-6-5-8-16(19)15-21-18-12-10-17(20)11-13-18/h5-6,8-13,15H,2-4,7,14H2,1H3. The third-order valence-electron chi connectivity index (χ3n) is 3.35. The third kappa shape index (κ3) is 5.79. The maximum atomic E-state index is 5.90. The zero-order valence-electron chi connectivity index (χ0n) is 13.0. The highest BCUT2D eigenvalue weighted by Gasteiger charge is 2.00. The van der Waals surface area contributed by atoms with Crippen molar-refractivity contribution in [2.75, 3.05) is 6.61 Å². The molecular weight excluding hydrogens is 385 g/mol. The summed E-state index contributed by atoms with van der Waals surface area (Å²) in [5.74, 6) is 0.910. The lowest BCUT2D eigenvalue weighted by molar-refractivity contribution is 0.304. The van der Waals surface area contributed by atoms with Gasteiger partial charge in [0, 0.05) is 15.3 Å². The molecule has 0 heterocycles. The van der Waals surface area contributed by atoms with Gasteiger partial charge in [-0.3, -0.25) is 4.99 Å². The molecule has 0 aliphatic carbocycles. The van der Waals surface area contributed by atoms with E-state index in [1.807, 2.05) is 42.6 Å². The smallest absolute Gasteiger partial charge is 0.128 e. The fourth-order valence-electron chi connectivity index (χ4n) is 2.10. The van der Waals surface area contributed by atoms with E-state index in [9.17, 15) is 0 Å². The van der Waals surface area contributed by atoms with Crippen LogP contribution in [-0.4, -0.2) is 12.8 Å². The van der Waals surface area contributed by atoms with Crippen molar-refractivity contribution in [1.29, 1.82) is 0 Å². The van der Waals surface area contributed by atoms with Crippen molar-refractivity contribution in [2.24, 2.45) is 4.99 Å². The van der Waals surface area contributed by atoms with E-state index in [4.69, 9.17) is 4.74 Å². The number of rotatable bonds is 8. The summed E-state index contributed by atoms with van der Waals surface area (Å²) in [6, 6.07) is 16.2. The molecule has 0 atom stereocenters. The van der Waals surface area contributed by atoms with E-state index in [0.717, 1.165) is 30.0 Å². The summed E-state index contributed by atoms with van der Waals surface area (Å²) in [7, 11) is 0. The Hall–Kier alpha value is -1.36. The molecule has 0 N–H and O–H groups in total. The van der Waals surface area contributed by atoms with Crippen LogP contribution in [0.15, 0.2) is 53.5 Å². The molecule has 2 nitrogen and oxygen atoms in total. The molecule has 0 saturated heterocycles. The zero-order valence-corrected chi connectivity index (χ0v) is 15.1. The van der Waals surface area contributed by atoms with Gasteiger partial charge in [-0.05, 0) is 65.4 Å². The summed E-state index contributed by atoms with van der Waals surface area (Å²) >= 11 is 2.29. The number of hydrogen-bond acceptors (Lipinski definition) is 2. The highest BCUT2D eigenvalue weighted by atomic mass is 127. The maximum absolute atomic E-state index is 5.90. The zero-order chi connectivity index (χ0) is 15.6. The van der Waals surface area contributed by atoms with E-state index < -0.39 is 0 Å². The van der Waals surface area contributed by atoms with Crippen LogP contribution in [0.1, 0.15) is 38.2 Å². The lowest BCUT2D eigenvalue weighted by atomic mass is 10.2. The van der Waals surface area contributed by atoms with E-state index in [0.29, 0.717) is 0 Å². The molecule has 0 fully saturated rings. The largest absolute Gasteiger partial charge is 0.493 e. The van der Waals surface area contributed by atoms with E-state index in [1.54, 1.807) is 0 Å². The topological polar surface area (TPSA) is 21.6 Å². The Morgan fingerprint density at radius 1 is 1.00 bits per heavy atom. The maximum Gasteiger partial charge on any atom is 0.128 e. The first-order valence-corrected chi connectivity index (χ1v) is 8.89. The number of hydrogen-bond donors (Lipinski definition) is 0. The van der Waals surface area contributed by atoms with Crippen molar-refractivity contribution in [1.82, 2.24) is 0 Å². The normalized spacial score (nSPS) is 11.0. The summed E-state index contributed by atoms with van der Waals surface area (Å²) in [5.41, 5.74) is 1.98. The minimum absolute atomic E-state index is 0.772. The quantitative estimate of drug-likeness (QED) is 0.299. The van der Waals surface area contributed by atoms with E-state index in [2.05, 4.69) is 46.6 Å². The summed E-state index contributed by atoms with van der Waals surface area (Å²) < 4.78 is 7.11. The molecule has 2 aromatic rings. The first kappa shape index (κ1) is 17.0. The van der Waals surface area contributed by atoms with Crippen molar-refractivity contribution >= 4 is 34.5 Å². The Kier molecular flexibility index (Phi) is 7.43. The molecule has 2 aromatic carbocycles. The minimum atomic E-state index is 0.772. The second-order valence-corrected chi connectivity index (χ2v) is 6.43. The van der Waals surface area contributed by atoms with Gasteiger partial charge in [-0.15, -0.1) is 0 Å². The molecule has 0 amide bonds. The Balaban J connectivity index is 1.97. The van der Waals surface area contributed by atoms with Gasteiger partial charge < -0.3 is 4.74 Å². The molecule has 0 aliphatic rings. The van der Waals surface area contributed by atoms with Gasteiger partial charge in [-0.2, -0.15) is 0 Å². The highest BCUT2D eigenvalue weighted by Crippen LogP contribution is 2.19. The second-order valence-electron chi connectivity index (χ2n) is 5.18. The average Bonchev–Trinajstić information content (AvgIpc) is 2.55. The predicted molar refractivity (Wildman–Crippen MR) is 102 cm³/mol. The minimum Gasteiger partial charge on any atom is -0.493 e. The van der Waals surface area contributed by atoms with Crippen LogP contribution in [0, 0.1) is 3.57 Å². The monoisotopic (exact) mass is 407 g/mol. The van der Waals surface area contributed by atoms with Gasteiger partial charge in [-0.1, -0.05) is 38.3 Å². The van der Waals surface area contributed by atoms with Gasteiger partial charge in [0.1, 0.15) is 5.75 Å². The van der Waals surface area contributed by atoms with Crippen molar-refractivity contribution in [3.05, 3.63) is 57.7 Å². The number of nitrogens with zero attached hydrogens (tertiary/aromatic N) is 1. The molecule has 0 radical (unpaired) electrons. The molecule has 0 spiro atoms. The molecule has 0 aliphatic heterocycles. The van der Waals surface area contributed by atoms with E-state index >= 15 is 0 Å². The van der Waals surface area contributed by atoms with Gasteiger partial charge in [0.15, 0.2) is 0 Å². The molecule has 3 heteroatoms. The van der Waals surface area contributed by atoms with E-state index in [-0.39, 0.29) is 0 Å². The van der Waals surface area contributed by atoms with E-state index in [1.165, 1.54) is 22.8 Å². The first-order chi connectivity index (χ1) is 10.8. The van der Waals surface area contributed by atoms with Crippen molar-refractivity contribution in [3.63, 3.8) is 0 Å². The summed E-state index contributed by atoms with van der Waals surface area (Å²) in [6.45, 7) is 2.99. The molecular formula is C19H22INO. The molecule has 0 bridgehead atoms. The number of benzene rings is 2. The van der Waals surface area contributed by atoms with Crippen molar-refractivity contribution in [3.8, 4) is 5.75 Å². The van der Waals surface area contributed by atoms with Gasteiger partial charge in [0.05, 0.1) is 12.3 Å². The third-order valence-corrected chi connectivity index (χ3v) is 4.07. The van der Waals surface area contributed by atoms with Crippen LogP contribution >= 0.6 is 22.6 Å². The Morgan fingerprint density at radius 3 is 2.55 bits per heavy atom. The summed E-state index contributed by atoms with van der Waals surface area (Å²) in [6.07, 6.45) is 6.74. The summed E-state index contributed by atoms with van der Waals surface area (Å²) in [4.78, 5) is 4.53. The van der Waals surface area contributed by atoms with Gasteiger partial charge >= 0.3 is 0 Å². The number of para-hydroxylation sites is 1. The van der Waals surface area contributed by atoms with Gasteiger partial charge in [0.2, 0.25) is 0 Å².